The van der Waals surface area contributed by atoms with Crippen LogP contribution in [0.5, 0.6) is 5.75 Å². The predicted octanol–water partition coefficient (Wildman–Crippen LogP) is 3.18. The van der Waals surface area contributed by atoms with Gasteiger partial charge in [0.1, 0.15) is 5.75 Å². The summed E-state index contributed by atoms with van der Waals surface area (Å²) >= 11 is 0. The molecule has 0 fully saturated rings. The molecule has 3 nitrogen and oxygen atoms in total. The van der Waals surface area contributed by atoms with Crippen molar-refractivity contribution in [1.82, 2.24) is 4.98 Å². The number of hydrogen-bond donors (Lipinski definition) is 1. The highest BCUT2D eigenvalue weighted by molar-refractivity contribution is 5.39. The van der Waals surface area contributed by atoms with Crippen LogP contribution in [0.1, 0.15) is 16.8 Å². The minimum Gasteiger partial charge on any atom is -0.493 e. The molecule has 0 atom stereocenters. The number of pyridine rings is 1. The van der Waals surface area contributed by atoms with Crippen molar-refractivity contribution in [3.8, 4) is 5.75 Å². The van der Waals surface area contributed by atoms with Crippen molar-refractivity contribution in [1.29, 1.82) is 0 Å². The Balaban J connectivity index is 2.09. The second kappa shape index (κ2) is 6.58. The zero-order chi connectivity index (χ0) is 15.3. The molecule has 0 bridgehead atoms. The second-order valence-corrected chi connectivity index (χ2v) is 4.45. The highest BCUT2D eigenvalue weighted by atomic mass is 19.4. The Bertz CT molecular complexity index is 585. The molecular formula is C15H15F3N2O. The summed E-state index contributed by atoms with van der Waals surface area (Å²) in [7, 11) is 0. The molecule has 1 aromatic heterocycles. The van der Waals surface area contributed by atoms with Gasteiger partial charge in [0.05, 0.1) is 12.2 Å². The summed E-state index contributed by atoms with van der Waals surface area (Å²) in [5.41, 5.74) is 5.76. The lowest BCUT2D eigenvalue weighted by Gasteiger charge is -2.15. The van der Waals surface area contributed by atoms with E-state index in [1.54, 1.807) is 18.3 Å². The number of hydrogen-bond acceptors (Lipinski definition) is 3. The molecule has 2 N–H and O–H groups in total. The molecule has 0 unspecified atom stereocenters. The number of aromatic nitrogens is 1. The minimum absolute atomic E-state index is 0.0529. The van der Waals surface area contributed by atoms with Gasteiger partial charge in [-0.05, 0) is 29.8 Å². The molecular weight excluding hydrogens is 281 g/mol. The van der Waals surface area contributed by atoms with Crippen molar-refractivity contribution in [2.75, 3.05) is 6.61 Å². The third-order valence-corrected chi connectivity index (χ3v) is 2.93. The number of ether oxygens (including phenoxy) is 1. The molecule has 1 heterocycles. The van der Waals surface area contributed by atoms with Gasteiger partial charge in [-0.3, -0.25) is 4.98 Å². The van der Waals surface area contributed by atoms with Crippen LogP contribution in [0.3, 0.4) is 0 Å². The SMILES string of the molecule is NCc1ccc(OCCc2ccccn2)c(C(F)(F)F)c1. The van der Waals surface area contributed by atoms with Gasteiger partial charge in [0, 0.05) is 24.9 Å². The summed E-state index contributed by atoms with van der Waals surface area (Å²) < 4.78 is 44.2. The van der Waals surface area contributed by atoms with E-state index in [1.807, 2.05) is 6.07 Å². The van der Waals surface area contributed by atoms with Crippen LogP contribution in [0, 0.1) is 0 Å². The average molecular weight is 296 g/mol. The molecule has 0 spiro atoms. The van der Waals surface area contributed by atoms with Gasteiger partial charge >= 0.3 is 6.18 Å². The number of nitrogens with zero attached hydrogens (tertiary/aromatic N) is 1. The van der Waals surface area contributed by atoms with Crippen LogP contribution < -0.4 is 10.5 Å². The summed E-state index contributed by atoms with van der Waals surface area (Å²) in [5, 5.41) is 0. The normalized spacial score (nSPS) is 11.4. The molecule has 2 aromatic rings. The maximum atomic E-state index is 13.0. The zero-order valence-electron chi connectivity index (χ0n) is 11.2. The molecule has 0 saturated carbocycles. The molecule has 2 rings (SSSR count). The van der Waals surface area contributed by atoms with E-state index in [-0.39, 0.29) is 18.9 Å². The van der Waals surface area contributed by atoms with E-state index >= 15 is 0 Å². The molecule has 0 amide bonds. The van der Waals surface area contributed by atoms with E-state index in [0.29, 0.717) is 12.0 Å². The molecule has 0 aliphatic heterocycles. The molecule has 0 saturated heterocycles. The topological polar surface area (TPSA) is 48.1 Å². The lowest BCUT2D eigenvalue weighted by molar-refractivity contribution is -0.139. The summed E-state index contributed by atoms with van der Waals surface area (Å²) in [4.78, 5) is 4.09. The summed E-state index contributed by atoms with van der Waals surface area (Å²) in [6.07, 6.45) is -2.39. The lowest BCUT2D eigenvalue weighted by atomic mass is 10.1. The van der Waals surface area contributed by atoms with Gasteiger partial charge in [0.2, 0.25) is 0 Å². The van der Waals surface area contributed by atoms with Crippen molar-refractivity contribution in [2.24, 2.45) is 5.73 Å². The van der Waals surface area contributed by atoms with Crippen LogP contribution in [0.2, 0.25) is 0 Å². The van der Waals surface area contributed by atoms with Crippen LogP contribution >= 0.6 is 0 Å². The first-order valence-corrected chi connectivity index (χ1v) is 6.43. The quantitative estimate of drug-likeness (QED) is 0.922. The molecule has 0 aliphatic rings. The Morgan fingerprint density at radius 1 is 1.14 bits per heavy atom. The van der Waals surface area contributed by atoms with Crippen LogP contribution in [0.25, 0.3) is 0 Å². The van der Waals surface area contributed by atoms with Crippen molar-refractivity contribution in [3.05, 3.63) is 59.4 Å². The number of alkyl halides is 3. The molecule has 0 aliphatic carbocycles. The number of halogens is 3. The van der Waals surface area contributed by atoms with E-state index < -0.39 is 11.7 Å². The Kier molecular flexibility index (Phi) is 4.80. The summed E-state index contributed by atoms with van der Waals surface area (Å²) in [6, 6.07) is 9.26. The Morgan fingerprint density at radius 3 is 2.57 bits per heavy atom. The van der Waals surface area contributed by atoms with Crippen molar-refractivity contribution in [2.45, 2.75) is 19.1 Å². The fourth-order valence-corrected chi connectivity index (χ4v) is 1.86. The van der Waals surface area contributed by atoms with E-state index in [0.717, 1.165) is 11.8 Å². The van der Waals surface area contributed by atoms with E-state index in [2.05, 4.69) is 4.98 Å². The summed E-state index contributed by atoms with van der Waals surface area (Å²) in [6.45, 7) is 0.180. The monoisotopic (exact) mass is 296 g/mol. The largest absolute Gasteiger partial charge is 0.493 e. The number of nitrogens with two attached hydrogens (primary N) is 1. The van der Waals surface area contributed by atoms with Crippen LogP contribution in [-0.2, 0) is 19.1 Å². The van der Waals surface area contributed by atoms with Gasteiger partial charge in [-0.25, -0.2) is 0 Å². The third-order valence-electron chi connectivity index (χ3n) is 2.93. The Labute approximate surface area is 120 Å². The Hall–Kier alpha value is -2.08. The van der Waals surface area contributed by atoms with Crippen LogP contribution in [-0.4, -0.2) is 11.6 Å². The lowest BCUT2D eigenvalue weighted by Crippen LogP contribution is -2.12. The van der Waals surface area contributed by atoms with Gasteiger partial charge in [-0.2, -0.15) is 13.2 Å². The molecule has 112 valence electrons. The second-order valence-electron chi connectivity index (χ2n) is 4.45. The highest BCUT2D eigenvalue weighted by Crippen LogP contribution is 2.36. The van der Waals surface area contributed by atoms with Crippen LogP contribution in [0.15, 0.2) is 42.6 Å². The third kappa shape index (κ3) is 4.19. The van der Waals surface area contributed by atoms with Crippen molar-refractivity contribution >= 4 is 0 Å². The first-order valence-electron chi connectivity index (χ1n) is 6.43. The van der Waals surface area contributed by atoms with Gasteiger partial charge in [0.15, 0.2) is 0 Å². The van der Waals surface area contributed by atoms with Gasteiger partial charge in [-0.15, -0.1) is 0 Å². The van der Waals surface area contributed by atoms with E-state index in [4.69, 9.17) is 10.5 Å². The smallest absolute Gasteiger partial charge is 0.419 e. The van der Waals surface area contributed by atoms with Crippen molar-refractivity contribution < 1.29 is 17.9 Å². The maximum Gasteiger partial charge on any atom is 0.419 e. The number of benzene rings is 1. The zero-order valence-corrected chi connectivity index (χ0v) is 11.2. The van der Waals surface area contributed by atoms with Gasteiger partial charge < -0.3 is 10.5 Å². The highest BCUT2D eigenvalue weighted by Gasteiger charge is 2.34. The van der Waals surface area contributed by atoms with Crippen molar-refractivity contribution in [3.63, 3.8) is 0 Å². The minimum atomic E-state index is -4.47. The van der Waals surface area contributed by atoms with E-state index in [9.17, 15) is 13.2 Å². The number of rotatable bonds is 5. The fourth-order valence-electron chi connectivity index (χ4n) is 1.86. The molecule has 21 heavy (non-hydrogen) atoms. The first kappa shape index (κ1) is 15.3. The predicted molar refractivity (Wildman–Crippen MR) is 72.8 cm³/mol. The average Bonchev–Trinajstić information content (AvgIpc) is 2.47. The molecule has 0 radical (unpaired) electrons. The Morgan fingerprint density at radius 2 is 1.95 bits per heavy atom. The fraction of sp³-hybridized carbons (Fsp3) is 0.267. The standard InChI is InChI=1S/C15H15F3N2O/c16-15(17,18)13-9-11(10-19)4-5-14(13)21-8-6-12-3-1-2-7-20-12/h1-5,7,9H,6,8,10,19H2. The van der Waals surface area contributed by atoms with Gasteiger partial charge in [-0.1, -0.05) is 12.1 Å². The maximum absolute atomic E-state index is 13.0. The summed E-state index contributed by atoms with van der Waals surface area (Å²) in [5.74, 6) is -0.185. The molecule has 6 heteroatoms. The molecule has 1 aromatic carbocycles. The van der Waals surface area contributed by atoms with E-state index in [1.165, 1.54) is 12.1 Å². The van der Waals surface area contributed by atoms with Gasteiger partial charge in [0.25, 0.3) is 0 Å². The first-order chi connectivity index (χ1) is 10.0. The van der Waals surface area contributed by atoms with Crippen LogP contribution in [0.4, 0.5) is 13.2 Å².